The summed E-state index contributed by atoms with van der Waals surface area (Å²) in [4.78, 5) is 42.9. The minimum atomic E-state index is 0.194. The van der Waals surface area contributed by atoms with E-state index in [1.807, 2.05) is 24.5 Å². The van der Waals surface area contributed by atoms with E-state index < -0.39 is 0 Å². The van der Waals surface area contributed by atoms with Crippen LogP contribution in [0.25, 0.3) is 0 Å². The first-order valence-electron chi connectivity index (χ1n) is 20.1. The number of rotatable bonds is 14. The molecule has 0 spiro atoms. The first-order valence-corrected chi connectivity index (χ1v) is 20.1. The summed E-state index contributed by atoms with van der Waals surface area (Å²) in [6.45, 7) is 8.67. The highest BCUT2D eigenvalue weighted by Gasteiger charge is 2.31. The Bertz CT molecular complexity index is 1630. The quantitative estimate of drug-likeness (QED) is 0.118. The smallest absolute Gasteiger partial charge is 0.212 e. The lowest BCUT2D eigenvalue weighted by molar-refractivity contribution is 0.0917. The Hall–Kier alpha value is -4.46. The second kappa shape index (κ2) is 20.3. The van der Waals surface area contributed by atoms with Crippen molar-refractivity contribution in [2.75, 3.05) is 14.2 Å². The molecule has 0 amide bonds. The normalized spacial score (nSPS) is 20.9. The Labute approximate surface area is 323 Å². The van der Waals surface area contributed by atoms with Gasteiger partial charge in [-0.2, -0.15) is 0 Å². The van der Waals surface area contributed by atoms with Gasteiger partial charge in [-0.25, -0.2) is 9.97 Å². The number of aromatic nitrogens is 4. The number of ether oxygens (including phenoxy) is 2. The van der Waals surface area contributed by atoms with Crippen molar-refractivity contribution in [3.63, 3.8) is 0 Å². The Morgan fingerprint density at radius 3 is 1.28 bits per heavy atom. The fourth-order valence-corrected chi connectivity index (χ4v) is 8.67. The molecule has 0 aromatic carbocycles. The van der Waals surface area contributed by atoms with E-state index in [9.17, 15) is 9.59 Å². The molecular weight excluding hydrogens is 673 g/mol. The van der Waals surface area contributed by atoms with Crippen LogP contribution >= 0.6 is 0 Å². The van der Waals surface area contributed by atoms with Crippen LogP contribution in [0.3, 0.4) is 0 Å². The highest BCUT2D eigenvalue weighted by Crippen LogP contribution is 2.42. The summed E-state index contributed by atoms with van der Waals surface area (Å²) >= 11 is 0. The number of ketones is 2. The summed E-state index contributed by atoms with van der Waals surface area (Å²) in [6, 6.07) is 15.7. The molecule has 0 aliphatic heterocycles. The molecule has 6 rings (SSSR count). The molecule has 0 radical (unpaired) electrons. The maximum absolute atomic E-state index is 12.7. The van der Waals surface area contributed by atoms with E-state index >= 15 is 0 Å². The number of hydrogen-bond acceptors (Lipinski definition) is 8. The number of carbonyl (C=O) groups excluding carboxylic acids is 2. The summed E-state index contributed by atoms with van der Waals surface area (Å²) in [5.74, 6) is 4.78. The summed E-state index contributed by atoms with van der Waals surface area (Å²) in [6.07, 6.45) is 19.9. The molecule has 8 nitrogen and oxygen atoms in total. The molecule has 4 heterocycles. The maximum atomic E-state index is 12.7. The zero-order valence-corrected chi connectivity index (χ0v) is 33.3. The lowest BCUT2D eigenvalue weighted by atomic mass is 9.72. The molecular formula is C46H60N4O4. The van der Waals surface area contributed by atoms with Crippen LogP contribution in [0.15, 0.2) is 73.3 Å². The molecule has 0 N–H and O–H groups in total. The van der Waals surface area contributed by atoms with Gasteiger partial charge in [0, 0.05) is 84.1 Å². The van der Waals surface area contributed by atoms with Crippen molar-refractivity contribution in [1.82, 2.24) is 19.9 Å². The highest BCUT2D eigenvalue weighted by atomic mass is 16.5. The van der Waals surface area contributed by atoms with E-state index in [1.54, 1.807) is 38.7 Å². The number of hydrogen-bond donors (Lipinski definition) is 0. The van der Waals surface area contributed by atoms with Crippen molar-refractivity contribution in [3.05, 3.63) is 107 Å². The van der Waals surface area contributed by atoms with Crippen molar-refractivity contribution in [2.24, 2.45) is 23.7 Å². The second-order valence-corrected chi connectivity index (χ2v) is 15.5. The molecule has 2 unspecified atom stereocenters. The number of nitrogens with zero attached hydrogens (tertiary/aromatic N) is 4. The van der Waals surface area contributed by atoms with E-state index in [0.29, 0.717) is 71.2 Å². The van der Waals surface area contributed by atoms with Crippen LogP contribution in [-0.2, 0) is 0 Å². The number of Topliss-reactive ketones (excluding diaryl/α,β-unsaturated/α-hetero) is 2. The van der Waals surface area contributed by atoms with Gasteiger partial charge in [-0.1, -0.05) is 26.7 Å². The van der Waals surface area contributed by atoms with E-state index in [-0.39, 0.29) is 11.6 Å². The first kappa shape index (κ1) is 40.7. The molecule has 0 saturated heterocycles. The van der Waals surface area contributed by atoms with E-state index in [4.69, 9.17) is 9.47 Å². The van der Waals surface area contributed by atoms with Crippen LogP contribution in [0.4, 0.5) is 0 Å². The molecule has 4 aromatic rings. The van der Waals surface area contributed by atoms with Crippen molar-refractivity contribution in [2.45, 2.75) is 117 Å². The van der Waals surface area contributed by atoms with Crippen LogP contribution in [-0.4, -0.2) is 45.7 Å². The lowest BCUT2D eigenvalue weighted by Gasteiger charge is -2.33. The van der Waals surface area contributed by atoms with Crippen LogP contribution in [0, 0.1) is 37.5 Å². The average Bonchev–Trinajstić information content (AvgIpc) is 3.22. The monoisotopic (exact) mass is 732 g/mol. The highest BCUT2D eigenvalue weighted by molar-refractivity contribution is 5.96. The zero-order chi connectivity index (χ0) is 38.5. The first-order chi connectivity index (χ1) is 26.2. The van der Waals surface area contributed by atoms with Gasteiger partial charge >= 0.3 is 0 Å². The molecule has 2 fully saturated rings. The standard InChI is InChI=1S/2C23H30N2O2/c2*1-4-17(14-22(26)20-9-10-23(27-3)25-15-20)18-5-7-19(8-6-18)21-13-16(2)11-12-24-21/h2*9-13,15,17-19H,4-8,14H2,1-3H3. The molecule has 54 heavy (non-hydrogen) atoms. The van der Waals surface area contributed by atoms with Crippen LogP contribution in [0.5, 0.6) is 11.8 Å². The number of pyridine rings is 4. The zero-order valence-electron chi connectivity index (χ0n) is 33.3. The van der Waals surface area contributed by atoms with Crippen molar-refractivity contribution in [3.8, 4) is 11.8 Å². The van der Waals surface area contributed by atoms with Gasteiger partial charge in [-0.05, 0) is 136 Å². The number of carbonyl (C=O) groups is 2. The third-order valence-electron chi connectivity index (χ3n) is 12.1. The molecule has 0 bridgehead atoms. The summed E-state index contributed by atoms with van der Waals surface area (Å²) in [5, 5.41) is 0. The van der Waals surface area contributed by atoms with Crippen LogP contribution in [0.1, 0.15) is 146 Å². The Morgan fingerprint density at radius 1 is 0.593 bits per heavy atom. The maximum Gasteiger partial charge on any atom is 0.212 e. The van der Waals surface area contributed by atoms with Gasteiger partial charge in [0.2, 0.25) is 11.8 Å². The van der Waals surface area contributed by atoms with Gasteiger partial charge in [0.25, 0.3) is 0 Å². The second-order valence-electron chi connectivity index (χ2n) is 15.5. The van der Waals surface area contributed by atoms with E-state index in [0.717, 1.165) is 12.8 Å². The van der Waals surface area contributed by atoms with Gasteiger partial charge in [0.15, 0.2) is 11.6 Å². The van der Waals surface area contributed by atoms with Gasteiger partial charge in [-0.3, -0.25) is 19.6 Å². The van der Waals surface area contributed by atoms with Crippen molar-refractivity contribution >= 4 is 11.6 Å². The summed E-state index contributed by atoms with van der Waals surface area (Å²) < 4.78 is 10.1. The number of methoxy groups -OCH3 is 2. The largest absolute Gasteiger partial charge is 0.481 e. The van der Waals surface area contributed by atoms with E-state index in [1.165, 1.54) is 73.9 Å². The van der Waals surface area contributed by atoms with Gasteiger partial charge < -0.3 is 9.47 Å². The predicted octanol–water partition coefficient (Wildman–Crippen LogP) is 10.7. The molecule has 2 aliphatic carbocycles. The van der Waals surface area contributed by atoms with Crippen LogP contribution < -0.4 is 9.47 Å². The molecule has 4 aromatic heterocycles. The molecule has 288 valence electrons. The Morgan fingerprint density at radius 2 is 0.981 bits per heavy atom. The molecule has 2 saturated carbocycles. The van der Waals surface area contributed by atoms with E-state index in [2.05, 4.69) is 71.9 Å². The Kier molecular flexibility index (Phi) is 15.3. The topological polar surface area (TPSA) is 104 Å². The molecule has 8 heteroatoms. The Balaban J connectivity index is 0.000000208. The minimum absolute atomic E-state index is 0.194. The van der Waals surface area contributed by atoms with Crippen LogP contribution in [0.2, 0.25) is 0 Å². The van der Waals surface area contributed by atoms with Gasteiger partial charge in [0.05, 0.1) is 14.2 Å². The van der Waals surface area contributed by atoms with Crippen molar-refractivity contribution < 1.29 is 19.1 Å². The average molecular weight is 733 g/mol. The molecule has 2 atom stereocenters. The molecule has 2 aliphatic rings. The lowest BCUT2D eigenvalue weighted by Crippen LogP contribution is -2.23. The SMILES string of the molecule is CCC(CC(=O)c1ccc(OC)nc1)C1CCC(c2cc(C)ccn2)CC1.CCC(CC(=O)c1ccc(OC)nc1)C1CCC(c2cc(C)ccn2)CC1. The number of aryl methyl sites for hydroxylation is 2. The summed E-state index contributed by atoms with van der Waals surface area (Å²) in [7, 11) is 3.17. The minimum Gasteiger partial charge on any atom is -0.481 e. The summed E-state index contributed by atoms with van der Waals surface area (Å²) in [5.41, 5.74) is 6.42. The fraction of sp³-hybridized carbons (Fsp3) is 0.522. The van der Waals surface area contributed by atoms with Crippen molar-refractivity contribution in [1.29, 1.82) is 0 Å². The predicted molar refractivity (Wildman–Crippen MR) is 214 cm³/mol. The third kappa shape index (κ3) is 11.3. The fourth-order valence-electron chi connectivity index (χ4n) is 8.67. The van der Waals surface area contributed by atoms with Gasteiger partial charge in [-0.15, -0.1) is 0 Å². The third-order valence-corrected chi connectivity index (χ3v) is 12.1. The van der Waals surface area contributed by atoms with Gasteiger partial charge in [0.1, 0.15) is 0 Å².